The molecule has 2 aromatic carbocycles. The molecule has 0 aliphatic carbocycles. The van der Waals surface area contributed by atoms with Gasteiger partial charge in [-0.05, 0) is 36.7 Å². The molecule has 0 atom stereocenters. The Balaban J connectivity index is 1.86. The highest BCUT2D eigenvalue weighted by molar-refractivity contribution is 7.88. The first kappa shape index (κ1) is 21.1. The summed E-state index contributed by atoms with van der Waals surface area (Å²) in [6.07, 6.45) is 0. The number of anilines is 2. The number of halogens is 1. The molecule has 0 radical (unpaired) electrons. The third kappa shape index (κ3) is 4.36. The summed E-state index contributed by atoms with van der Waals surface area (Å²) in [4.78, 5) is 12.3. The van der Waals surface area contributed by atoms with Crippen LogP contribution in [0.15, 0.2) is 35.4 Å². The third-order valence-corrected chi connectivity index (χ3v) is 6.21. The van der Waals surface area contributed by atoms with E-state index in [1.54, 1.807) is 30.3 Å². The van der Waals surface area contributed by atoms with Crippen molar-refractivity contribution in [3.05, 3.63) is 52.0 Å². The minimum atomic E-state index is -3.36. The molecule has 1 amide bonds. The number of aromatic hydroxyl groups is 1. The molecule has 0 aromatic heterocycles. The van der Waals surface area contributed by atoms with Gasteiger partial charge < -0.3 is 10.4 Å². The van der Waals surface area contributed by atoms with Gasteiger partial charge in [0.05, 0.1) is 27.7 Å². The highest BCUT2D eigenvalue weighted by Crippen LogP contribution is 2.42. The largest absolute Gasteiger partial charge is 0.506 e. The van der Waals surface area contributed by atoms with E-state index in [0.717, 1.165) is 0 Å². The van der Waals surface area contributed by atoms with Gasteiger partial charge in [0, 0.05) is 5.56 Å². The molecular formula is C19H21ClN4O4S. The molecule has 0 spiro atoms. The lowest BCUT2D eigenvalue weighted by Gasteiger charge is -2.13. The molecule has 0 saturated heterocycles. The van der Waals surface area contributed by atoms with Gasteiger partial charge in [-0.15, -0.1) is 0 Å². The minimum Gasteiger partial charge on any atom is -0.506 e. The van der Waals surface area contributed by atoms with Gasteiger partial charge in [-0.1, -0.05) is 37.6 Å². The number of phenolic OH excluding ortho intramolecular Hbond substituents is 1. The van der Waals surface area contributed by atoms with Gasteiger partial charge in [-0.3, -0.25) is 10.2 Å². The van der Waals surface area contributed by atoms with Crippen LogP contribution in [-0.2, 0) is 20.6 Å². The fourth-order valence-electron chi connectivity index (χ4n) is 2.92. The topological polar surface area (TPSA) is 120 Å². The second-order valence-electron chi connectivity index (χ2n) is 6.89. The van der Waals surface area contributed by atoms with Crippen LogP contribution in [-0.4, -0.2) is 32.2 Å². The number of carbonyl (C=O) groups excluding carboxylic acids is 1. The molecule has 154 valence electrons. The zero-order valence-corrected chi connectivity index (χ0v) is 17.6. The second-order valence-corrected chi connectivity index (χ2v) is 9.20. The van der Waals surface area contributed by atoms with E-state index in [-0.39, 0.29) is 28.2 Å². The SMILES string of the molecule is CNS(=O)(=O)Cc1ccc(N/N=C2\C(=O)Nc3cc(C(C)C)c(O)c(Cl)c32)cc1. The lowest BCUT2D eigenvalue weighted by molar-refractivity contribution is -0.110. The van der Waals surface area contributed by atoms with Crippen molar-refractivity contribution in [1.29, 1.82) is 0 Å². The first-order chi connectivity index (χ1) is 13.6. The number of nitrogens with one attached hydrogen (secondary N) is 3. The molecule has 0 saturated carbocycles. The highest BCUT2D eigenvalue weighted by atomic mass is 35.5. The van der Waals surface area contributed by atoms with Crippen molar-refractivity contribution in [3.63, 3.8) is 0 Å². The number of amides is 1. The van der Waals surface area contributed by atoms with Gasteiger partial charge >= 0.3 is 0 Å². The third-order valence-electron chi connectivity index (χ3n) is 4.51. The molecule has 4 N–H and O–H groups in total. The normalized spacial score (nSPS) is 14.9. The maximum atomic E-state index is 12.3. The molecule has 0 unspecified atom stereocenters. The Morgan fingerprint density at radius 1 is 1.24 bits per heavy atom. The summed E-state index contributed by atoms with van der Waals surface area (Å²) in [6.45, 7) is 3.83. The van der Waals surface area contributed by atoms with E-state index in [1.165, 1.54) is 7.05 Å². The maximum Gasteiger partial charge on any atom is 0.276 e. The van der Waals surface area contributed by atoms with Crippen LogP contribution in [0.3, 0.4) is 0 Å². The quantitative estimate of drug-likeness (QED) is 0.410. The number of hydrogen-bond acceptors (Lipinski definition) is 6. The Labute approximate surface area is 174 Å². The number of nitrogens with zero attached hydrogens (tertiary/aromatic N) is 1. The van der Waals surface area contributed by atoms with Crippen LogP contribution in [0.1, 0.15) is 36.5 Å². The van der Waals surface area contributed by atoms with Crippen LogP contribution in [0, 0.1) is 0 Å². The lowest BCUT2D eigenvalue weighted by Crippen LogP contribution is -2.20. The van der Waals surface area contributed by atoms with Crippen LogP contribution in [0.25, 0.3) is 0 Å². The molecule has 1 aliphatic rings. The zero-order valence-electron chi connectivity index (χ0n) is 16.1. The van der Waals surface area contributed by atoms with Gasteiger partial charge in [0.1, 0.15) is 5.75 Å². The van der Waals surface area contributed by atoms with Crippen molar-refractivity contribution in [2.75, 3.05) is 17.8 Å². The number of carbonyl (C=O) groups is 1. The van der Waals surface area contributed by atoms with Gasteiger partial charge in [-0.25, -0.2) is 13.1 Å². The van der Waals surface area contributed by atoms with Crippen LogP contribution in [0.2, 0.25) is 5.02 Å². The summed E-state index contributed by atoms with van der Waals surface area (Å²) < 4.78 is 25.5. The Kier molecular flexibility index (Phi) is 5.83. The summed E-state index contributed by atoms with van der Waals surface area (Å²) in [5.74, 6) is -0.619. The standard InChI is InChI=1S/C19H21ClN4O4S/c1-10(2)13-8-14-15(16(20)18(13)25)17(19(26)22-14)24-23-12-6-4-11(5-7-12)9-29(27,28)21-3/h4-8,10,21,23,25H,9H2,1-3H3,(H,22,24,26). The Morgan fingerprint density at radius 3 is 2.48 bits per heavy atom. The van der Waals surface area contributed by atoms with Gasteiger partial charge in [0.15, 0.2) is 5.71 Å². The number of rotatable bonds is 6. The van der Waals surface area contributed by atoms with Crippen LogP contribution >= 0.6 is 11.6 Å². The molecule has 1 aliphatic heterocycles. The highest BCUT2D eigenvalue weighted by Gasteiger charge is 2.32. The molecule has 29 heavy (non-hydrogen) atoms. The van der Waals surface area contributed by atoms with E-state index in [2.05, 4.69) is 20.6 Å². The summed E-state index contributed by atoms with van der Waals surface area (Å²) in [7, 11) is -2.00. The molecular weight excluding hydrogens is 416 g/mol. The van der Waals surface area contributed by atoms with Crippen molar-refractivity contribution in [3.8, 4) is 5.75 Å². The lowest BCUT2D eigenvalue weighted by atomic mass is 9.98. The van der Waals surface area contributed by atoms with Gasteiger partial charge in [0.25, 0.3) is 5.91 Å². The van der Waals surface area contributed by atoms with Crippen molar-refractivity contribution >= 4 is 44.6 Å². The van der Waals surface area contributed by atoms with E-state index < -0.39 is 15.9 Å². The van der Waals surface area contributed by atoms with Crippen molar-refractivity contribution < 1.29 is 18.3 Å². The predicted octanol–water partition coefficient (Wildman–Crippen LogP) is 2.99. The molecule has 0 bridgehead atoms. The molecule has 8 nitrogen and oxygen atoms in total. The summed E-state index contributed by atoms with van der Waals surface area (Å²) in [6, 6.07) is 8.29. The summed E-state index contributed by atoms with van der Waals surface area (Å²) in [5.41, 5.74) is 5.45. The van der Waals surface area contributed by atoms with E-state index in [0.29, 0.717) is 28.1 Å². The van der Waals surface area contributed by atoms with E-state index in [1.807, 2.05) is 13.8 Å². The maximum absolute atomic E-state index is 12.3. The average Bonchev–Trinajstić information content (AvgIpc) is 2.99. The average molecular weight is 437 g/mol. The number of fused-ring (bicyclic) bond motifs is 1. The van der Waals surface area contributed by atoms with Gasteiger partial charge in [-0.2, -0.15) is 5.10 Å². The zero-order chi connectivity index (χ0) is 21.3. The fraction of sp³-hybridized carbons (Fsp3) is 0.263. The number of hydrogen-bond donors (Lipinski definition) is 4. The van der Waals surface area contributed by atoms with Crippen LogP contribution in [0.4, 0.5) is 11.4 Å². The van der Waals surface area contributed by atoms with Gasteiger partial charge in [0.2, 0.25) is 10.0 Å². The second kappa shape index (κ2) is 8.02. The molecule has 3 rings (SSSR count). The number of phenols is 1. The molecule has 0 fully saturated rings. The van der Waals surface area contributed by atoms with E-state index in [4.69, 9.17) is 11.6 Å². The monoisotopic (exact) mass is 436 g/mol. The number of sulfonamides is 1. The number of hydrazone groups is 1. The summed E-state index contributed by atoms with van der Waals surface area (Å²) in [5, 5.41) is 17.3. The van der Waals surface area contributed by atoms with Crippen LogP contribution in [0.5, 0.6) is 5.75 Å². The summed E-state index contributed by atoms with van der Waals surface area (Å²) >= 11 is 6.31. The Morgan fingerprint density at radius 2 is 1.90 bits per heavy atom. The fourth-order valence-corrected chi connectivity index (χ4v) is 3.99. The van der Waals surface area contributed by atoms with E-state index in [9.17, 15) is 18.3 Å². The van der Waals surface area contributed by atoms with Crippen molar-refractivity contribution in [1.82, 2.24) is 4.72 Å². The minimum absolute atomic E-state index is 0.0269. The Hall–Kier alpha value is -2.62. The first-order valence-corrected chi connectivity index (χ1v) is 10.9. The molecule has 1 heterocycles. The van der Waals surface area contributed by atoms with Crippen LogP contribution < -0.4 is 15.5 Å². The smallest absolute Gasteiger partial charge is 0.276 e. The predicted molar refractivity (Wildman–Crippen MR) is 114 cm³/mol. The van der Waals surface area contributed by atoms with Crippen molar-refractivity contribution in [2.45, 2.75) is 25.5 Å². The first-order valence-electron chi connectivity index (χ1n) is 8.84. The Bertz CT molecular complexity index is 1100. The van der Waals surface area contributed by atoms with E-state index >= 15 is 0 Å². The molecule has 10 heteroatoms. The molecule has 2 aromatic rings. The number of benzene rings is 2. The van der Waals surface area contributed by atoms with Crippen molar-refractivity contribution in [2.24, 2.45) is 5.10 Å².